The number of benzene rings is 1. The third-order valence-corrected chi connectivity index (χ3v) is 6.42. The molecule has 1 fully saturated rings. The van der Waals surface area contributed by atoms with E-state index in [-0.39, 0.29) is 22.7 Å². The zero-order valence-corrected chi connectivity index (χ0v) is 23.1. The number of hydrogen-bond donors (Lipinski definition) is 3. The first-order valence-electron chi connectivity index (χ1n) is 12.9. The standard InChI is InChI=1S/C26H33ClF3N7O2/c1-15(32-24(38)39-25(2,3)4)9-10-37-21-20(14-31-22(36-21)33-18-7-5-6-8-18)35-23(37)34-19-12-16(26(28,29)30)11-17(27)13-19/h11-15,18H,5-10H2,1-4H3,(H,32,38)(H,34,35)(H,31,33,36). The smallest absolute Gasteiger partial charge is 0.416 e. The van der Waals surface area contributed by atoms with Gasteiger partial charge in [0.25, 0.3) is 0 Å². The summed E-state index contributed by atoms with van der Waals surface area (Å²) in [4.78, 5) is 25.8. The number of imidazole rings is 1. The van der Waals surface area contributed by atoms with Crippen LogP contribution in [0.1, 0.15) is 65.4 Å². The molecule has 212 valence electrons. The quantitative estimate of drug-likeness (QED) is 0.272. The second kappa shape index (κ2) is 11.4. The fraction of sp³-hybridized carbons (Fsp3) is 0.538. The van der Waals surface area contributed by atoms with E-state index in [1.54, 1.807) is 31.5 Å². The lowest BCUT2D eigenvalue weighted by molar-refractivity contribution is -0.137. The summed E-state index contributed by atoms with van der Waals surface area (Å²) in [5.41, 5.74) is -0.398. The third-order valence-electron chi connectivity index (χ3n) is 6.21. The molecule has 1 amide bonds. The van der Waals surface area contributed by atoms with E-state index in [4.69, 9.17) is 16.3 Å². The van der Waals surface area contributed by atoms with Crippen LogP contribution in [-0.2, 0) is 17.5 Å². The van der Waals surface area contributed by atoms with Crippen LogP contribution in [0.3, 0.4) is 0 Å². The van der Waals surface area contributed by atoms with Crippen LogP contribution in [0.15, 0.2) is 24.4 Å². The average molecular weight is 568 g/mol. The van der Waals surface area contributed by atoms with Crippen molar-refractivity contribution in [1.82, 2.24) is 24.8 Å². The molecule has 1 unspecified atom stereocenters. The summed E-state index contributed by atoms with van der Waals surface area (Å²) in [5, 5.41) is 9.08. The Morgan fingerprint density at radius 1 is 1.18 bits per heavy atom. The largest absolute Gasteiger partial charge is 0.444 e. The Morgan fingerprint density at radius 3 is 2.56 bits per heavy atom. The highest BCUT2D eigenvalue weighted by atomic mass is 35.5. The minimum atomic E-state index is -4.56. The van der Waals surface area contributed by atoms with E-state index in [2.05, 4.69) is 30.9 Å². The summed E-state index contributed by atoms with van der Waals surface area (Å²) in [6.07, 6.45) is 1.34. The van der Waals surface area contributed by atoms with Crippen molar-refractivity contribution < 1.29 is 22.7 Å². The molecule has 1 aliphatic rings. The van der Waals surface area contributed by atoms with Crippen molar-refractivity contribution in [2.75, 3.05) is 10.6 Å². The number of nitrogens with zero attached hydrogens (tertiary/aromatic N) is 4. The molecule has 9 nitrogen and oxygen atoms in total. The topological polar surface area (TPSA) is 106 Å². The van der Waals surface area contributed by atoms with Crippen LogP contribution in [0.5, 0.6) is 0 Å². The average Bonchev–Trinajstić information content (AvgIpc) is 3.43. The monoisotopic (exact) mass is 567 g/mol. The number of halogens is 4. The number of carbonyl (C=O) groups excluding carboxylic acids is 1. The van der Waals surface area contributed by atoms with Crippen LogP contribution in [0, 0.1) is 0 Å². The van der Waals surface area contributed by atoms with Crippen LogP contribution in [0.25, 0.3) is 11.2 Å². The Morgan fingerprint density at radius 2 is 1.90 bits per heavy atom. The number of anilines is 3. The Labute approximate surface area is 229 Å². The van der Waals surface area contributed by atoms with Crippen LogP contribution in [-0.4, -0.2) is 43.3 Å². The molecule has 2 heterocycles. The van der Waals surface area contributed by atoms with Gasteiger partial charge < -0.3 is 20.7 Å². The number of amides is 1. The Bertz CT molecular complexity index is 1320. The molecule has 0 radical (unpaired) electrons. The molecule has 1 aromatic carbocycles. The predicted molar refractivity (Wildman–Crippen MR) is 144 cm³/mol. The number of nitrogens with one attached hydrogen (secondary N) is 3. The number of carbonyl (C=O) groups is 1. The van der Waals surface area contributed by atoms with E-state index < -0.39 is 23.4 Å². The first kappa shape index (κ1) is 28.7. The Kier molecular flexibility index (Phi) is 8.43. The molecule has 4 rings (SSSR count). The maximum atomic E-state index is 13.4. The highest BCUT2D eigenvalue weighted by molar-refractivity contribution is 6.31. The summed E-state index contributed by atoms with van der Waals surface area (Å²) in [5.74, 6) is 0.737. The van der Waals surface area contributed by atoms with Crippen molar-refractivity contribution in [1.29, 1.82) is 0 Å². The van der Waals surface area contributed by atoms with E-state index in [0.29, 0.717) is 36.1 Å². The van der Waals surface area contributed by atoms with Gasteiger partial charge in [-0.3, -0.25) is 4.57 Å². The molecule has 3 aromatic rings. The van der Waals surface area contributed by atoms with E-state index in [1.807, 2.05) is 6.92 Å². The van der Waals surface area contributed by atoms with Crippen molar-refractivity contribution in [3.63, 3.8) is 0 Å². The number of ether oxygens (including phenoxy) is 1. The Hall–Kier alpha value is -3.28. The molecule has 13 heteroatoms. The third kappa shape index (κ3) is 7.87. The number of hydrogen-bond acceptors (Lipinski definition) is 7. The number of aromatic nitrogens is 4. The fourth-order valence-electron chi connectivity index (χ4n) is 4.41. The molecule has 0 spiro atoms. The van der Waals surface area contributed by atoms with Gasteiger partial charge >= 0.3 is 12.3 Å². The number of fused-ring (bicyclic) bond motifs is 1. The summed E-state index contributed by atoms with van der Waals surface area (Å²) in [6.45, 7) is 7.53. The van der Waals surface area contributed by atoms with Crippen molar-refractivity contribution in [3.05, 3.63) is 35.0 Å². The molecule has 0 bridgehead atoms. The zero-order chi connectivity index (χ0) is 28.4. The molecule has 2 aromatic heterocycles. The molecule has 1 atom stereocenters. The van der Waals surface area contributed by atoms with Crippen molar-refractivity contribution >= 4 is 46.4 Å². The van der Waals surface area contributed by atoms with Crippen LogP contribution in [0.4, 0.5) is 35.5 Å². The van der Waals surface area contributed by atoms with E-state index in [1.165, 1.54) is 6.07 Å². The van der Waals surface area contributed by atoms with Gasteiger partial charge in [0, 0.05) is 29.3 Å². The molecular formula is C26H33ClF3N7O2. The first-order valence-corrected chi connectivity index (χ1v) is 13.3. The van der Waals surface area contributed by atoms with Gasteiger partial charge in [-0.15, -0.1) is 0 Å². The fourth-order valence-corrected chi connectivity index (χ4v) is 4.64. The zero-order valence-electron chi connectivity index (χ0n) is 22.3. The second-order valence-electron chi connectivity index (χ2n) is 10.8. The van der Waals surface area contributed by atoms with Gasteiger partial charge in [-0.25, -0.2) is 14.8 Å². The number of aryl methyl sites for hydroxylation is 1. The van der Waals surface area contributed by atoms with Crippen LogP contribution < -0.4 is 16.0 Å². The van der Waals surface area contributed by atoms with Gasteiger partial charge in [-0.1, -0.05) is 24.4 Å². The maximum Gasteiger partial charge on any atom is 0.416 e. The minimum absolute atomic E-state index is 0.0620. The second-order valence-corrected chi connectivity index (χ2v) is 11.2. The summed E-state index contributed by atoms with van der Waals surface area (Å²) < 4.78 is 47.2. The van der Waals surface area contributed by atoms with Gasteiger partial charge in [0.05, 0.1) is 11.8 Å². The van der Waals surface area contributed by atoms with E-state index in [0.717, 1.165) is 37.8 Å². The summed E-state index contributed by atoms with van der Waals surface area (Å²) in [6, 6.07) is 3.26. The minimum Gasteiger partial charge on any atom is -0.444 e. The Balaban J connectivity index is 1.62. The lowest BCUT2D eigenvalue weighted by atomic mass is 10.2. The summed E-state index contributed by atoms with van der Waals surface area (Å²) >= 11 is 5.99. The first-order chi connectivity index (χ1) is 18.3. The predicted octanol–water partition coefficient (Wildman–Crippen LogP) is 6.90. The van der Waals surface area contributed by atoms with Crippen molar-refractivity contribution in [2.45, 2.75) is 90.2 Å². The number of alkyl carbamates (subject to hydrolysis) is 1. The number of alkyl halides is 3. The summed E-state index contributed by atoms with van der Waals surface area (Å²) in [7, 11) is 0. The highest BCUT2D eigenvalue weighted by Crippen LogP contribution is 2.34. The molecular weight excluding hydrogens is 535 g/mol. The normalized spacial score (nSPS) is 15.4. The van der Waals surface area contributed by atoms with Gasteiger partial charge in [-0.2, -0.15) is 18.2 Å². The van der Waals surface area contributed by atoms with Gasteiger partial charge in [0.15, 0.2) is 5.65 Å². The maximum absolute atomic E-state index is 13.4. The highest BCUT2D eigenvalue weighted by Gasteiger charge is 2.31. The van der Waals surface area contributed by atoms with Crippen LogP contribution >= 0.6 is 11.6 Å². The van der Waals surface area contributed by atoms with Gasteiger partial charge in [0.1, 0.15) is 11.1 Å². The molecule has 3 N–H and O–H groups in total. The number of rotatable bonds is 8. The molecule has 1 aliphatic carbocycles. The van der Waals surface area contributed by atoms with Gasteiger partial charge in [0.2, 0.25) is 11.9 Å². The van der Waals surface area contributed by atoms with Crippen molar-refractivity contribution in [2.24, 2.45) is 0 Å². The van der Waals surface area contributed by atoms with Crippen molar-refractivity contribution in [3.8, 4) is 0 Å². The van der Waals surface area contributed by atoms with Gasteiger partial charge in [-0.05, 0) is 65.2 Å². The van der Waals surface area contributed by atoms with E-state index >= 15 is 0 Å². The van der Waals surface area contributed by atoms with E-state index in [9.17, 15) is 18.0 Å². The SMILES string of the molecule is CC(CCn1c(Nc2cc(Cl)cc(C(F)(F)F)c2)nc2cnc(NC3CCCC3)nc21)NC(=O)OC(C)(C)C. The van der Waals surface area contributed by atoms with Crippen LogP contribution in [0.2, 0.25) is 5.02 Å². The lowest BCUT2D eigenvalue weighted by Crippen LogP contribution is -2.38. The lowest BCUT2D eigenvalue weighted by Gasteiger charge is -2.22. The molecule has 0 saturated heterocycles. The molecule has 1 saturated carbocycles. The molecule has 0 aliphatic heterocycles. The molecule has 39 heavy (non-hydrogen) atoms.